The number of aromatic amines is 1. The molecule has 0 bridgehead atoms. The summed E-state index contributed by atoms with van der Waals surface area (Å²) < 4.78 is 5.78. The molecule has 28 heavy (non-hydrogen) atoms. The number of carbonyl (C=O) groups excluding carboxylic acids is 1. The number of nitrogens with zero attached hydrogens (tertiary/aromatic N) is 3. The summed E-state index contributed by atoms with van der Waals surface area (Å²) in [6.07, 6.45) is 2.94. The maximum absolute atomic E-state index is 12.5. The van der Waals surface area contributed by atoms with Crippen molar-refractivity contribution in [3.63, 3.8) is 0 Å². The fourth-order valence-corrected chi connectivity index (χ4v) is 3.96. The summed E-state index contributed by atoms with van der Waals surface area (Å²) in [5, 5.41) is 10.6. The van der Waals surface area contributed by atoms with E-state index in [4.69, 9.17) is 4.74 Å². The highest BCUT2D eigenvalue weighted by molar-refractivity contribution is 5.81. The number of H-pyrrole nitrogens is 1. The zero-order chi connectivity index (χ0) is 19.5. The van der Waals surface area contributed by atoms with Gasteiger partial charge in [0.25, 0.3) is 0 Å². The lowest BCUT2D eigenvalue weighted by atomic mass is 9.90. The third kappa shape index (κ3) is 4.35. The molecule has 1 saturated carbocycles. The van der Waals surface area contributed by atoms with E-state index in [-0.39, 0.29) is 23.8 Å². The maximum atomic E-state index is 12.5. The van der Waals surface area contributed by atoms with Crippen LogP contribution in [0.5, 0.6) is 5.75 Å². The van der Waals surface area contributed by atoms with E-state index >= 15 is 0 Å². The second-order valence-electron chi connectivity index (χ2n) is 7.84. The van der Waals surface area contributed by atoms with E-state index in [1.807, 2.05) is 32.0 Å². The standard InChI is InChI=1S/C21H29N5O2/c1-3-28-19-7-5-4-6-16(19)12-26-11-10-17(20-22-14(2)24-25-20)18(13-26)23-21(27)15-8-9-15/h4-7,15,17-18H,3,8-13H2,1-2H3,(H,23,27)(H,22,24,25)/t17-,18+/m0/s1. The van der Waals surface area contributed by atoms with Gasteiger partial charge in [0.2, 0.25) is 5.91 Å². The molecule has 4 rings (SSSR count). The second kappa shape index (κ2) is 8.31. The predicted octanol–water partition coefficient (Wildman–Crippen LogP) is 2.40. The van der Waals surface area contributed by atoms with Gasteiger partial charge in [-0.1, -0.05) is 18.2 Å². The first kappa shape index (κ1) is 18.9. The molecule has 2 N–H and O–H groups in total. The molecule has 1 aromatic heterocycles. The molecule has 0 unspecified atom stereocenters. The molecule has 150 valence electrons. The number of ether oxygens (including phenoxy) is 1. The van der Waals surface area contributed by atoms with Gasteiger partial charge >= 0.3 is 0 Å². The van der Waals surface area contributed by atoms with Crippen LogP contribution in [-0.4, -0.2) is 51.7 Å². The number of para-hydroxylation sites is 1. The van der Waals surface area contributed by atoms with Gasteiger partial charge in [-0.15, -0.1) is 0 Å². The van der Waals surface area contributed by atoms with Crippen LogP contribution in [0.1, 0.15) is 49.3 Å². The van der Waals surface area contributed by atoms with Crippen molar-refractivity contribution >= 4 is 5.91 Å². The summed E-state index contributed by atoms with van der Waals surface area (Å²) in [4.78, 5) is 19.4. The van der Waals surface area contributed by atoms with Crippen LogP contribution in [0.2, 0.25) is 0 Å². The molecule has 2 atom stereocenters. The molecular formula is C21H29N5O2. The SMILES string of the molecule is CCOc1ccccc1CN1CC[C@H](c2n[nH]c(C)n2)[C@H](NC(=O)C2CC2)C1. The monoisotopic (exact) mass is 383 g/mol. The van der Waals surface area contributed by atoms with Crippen molar-refractivity contribution in [1.82, 2.24) is 25.4 Å². The first-order valence-corrected chi connectivity index (χ1v) is 10.3. The van der Waals surface area contributed by atoms with Crippen molar-refractivity contribution in [2.24, 2.45) is 5.92 Å². The number of rotatable bonds is 7. The van der Waals surface area contributed by atoms with E-state index in [0.29, 0.717) is 6.61 Å². The molecule has 2 aromatic rings. The van der Waals surface area contributed by atoms with E-state index in [1.54, 1.807) is 0 Å². The summed E-state index contributed by atoms with van der Waals surface area (Å²) in [7, 11) is 0. The summed E-state index contributed by atoms with van der Waals surface area (Å²) in [5.74, 6) is 3.09. The van der Waals surface area contributed by atoms with Crippen LogP contribution in [0.25, 0.3) is 0 Å². The van der Waals surface area contributed by atoms with Crippen LogP contribution in [0.15, 0.2) is 24.3 Å². The summed E-state index contributed by atoms with van der Waals surface area (Å²) in [6.45, 7) is 7.11. The Balaban J connectivity index is 1.48. The molecule has 1 aliphatic heterocycles. The van der Waals surface area contributed by atoms with Crippen LogP contribution in [0.3, 0.4) is 0 Å². The number of hydrogen-bond acceptors (Lipinski definition) is 5. The Morgan fingerprint density at radius 3 is 2.86 bits per heavy atom. The Bertz CT molecular complexity index is 817. The number of nitrogens with one attached hydrogen (secondary N) is 2. The van der Waals surface area contributed by atoms with E-state index < -0.39 is 0 Å². The Morgan fingerprint density at radius 2 is 2.14 bits per heavy atom. The van der Waals surface area contributed by atoms with Crippen molar-refractivity contribution in [2.75, 3.05) is 19.7 Å². The fraction of sp³-hybridized carbons (Fsp3) is 0.571. The third-order valence-corrected chi connectivity index (χ3v) is 5.59. The van der Waals surface area contributed by atoms with Gasteiger partial charge in [0.1, 0.15) is 11.6 Å². The van der Waals surface area contributed by atoms with Gasteiger partial charge in [0.15, 0.2) is 5.82 Å². The molecule has 7 nitrogen and oxygen atoms in total. The van der Waals surface area contributed by atoms with E-state index in [0.717, 1.165) is 56.3 Å². The molecule has 1 amide bonds. The van der Waals surface area contributed by atoms with Gasteiger partial charge in [-0.25, -0.2) is 4.98 Å². The summed E-state index contributed by atoms with van der Waals surface area (Å²) in [6, 6.07) is 8.22. The number of aromatic nitrogens is 3. The normalized spacial score (nSPS) is 22.8. The Hall–Kier alpha value is -2.41. The first-order chi connectivity index (χ1) is 13.6. The Kier molecular flexibility index (Phi) is 5.62. The van der Waals surface area contributed by atoms with Crippen molar-refractivity contribution in [3.8, 4) is 5.75 Å². The minimum atomic E-state index is 0.0244. The number of hydrogen-bond donors (Lipinski definition) is 2. The highest BCUT2D eigenvalue weighted by Crippen LogP contribution is 2.32. The number of carbonyl (C=O) groups is 1. The molecule has 7 heteroatoms. The van der Waals surface area contributed by atoms with Crippen LogP contribution in [0.4, 0.5) is 0 Å². The lowest BCUT2D eigenvalue weighted by Gasteiger charge is -2.38. The fourth-order valence-electron chi connectivity index (χ4n) is 3.96. The van der Waals surface area contributed by atoms with Crippen LogP contribution in [0, 0.1) is 12.8 Å². The largest absolute Gasteiger partial charge is 0.494 e. The topological polar surface area (TPSA) is 83.1 Å². The minimum Gasteiger partial charge on any atom is -0.494 e. The van der Waals surface area contributed by atoms with Gasteiger partial charge in [0.05, 0.1) is 12.6 Å². The van der Waals surface area contributed by atoms with Gasteiger partial charge < -0.3 is 10.1 Å². The van der Waals surface area contributed by atoms with E-state index in [2.05, 4.69) is 31.5 Å². The highest BCUT2D eigenvalue weighted by atomic mass is 16.5. The summed E-state index contributed by atoms with van der Waals surface area (Å²) >= 11 is 0. The third-order valence-electron chi connectivity index (χ3n) is 5.59. The van der Waals surface area contributed by atoms with Gasteiger partial charge in [-0.2, -0.15) is 5.10 Å². The zero-order valence-electron chi connectivity index (χ0n) is 16.6. The van der Waals surface area contributed by atoms with Gasteiger partial charge in [0, 0.05) is 30.5 Å². The van der Waals surface area contributed by atoms with Gasteiger partial charge in [-0.05, 0) is 45.7 Å². The highest BCUT2D eigenvalue weighted by Gasteiger charge is 2.37. The van der Waals surface area contributed by atoms with E-state index in [9.17, 15) is 4.79 Å². The van der Waals surface area contributed by atoms with Crippen LogP contribution >= 0.6 is 0 Å². The van der Waals surface area contributed by atoms with Gasteiger partial charge in [-0.3, -0.25) is 14.8 Å². The lowest BCUT2D eigenvalue weighted by Crippen LogP contribution is -2.52. The first-order valence-electron chi connectivity index (χ1n) is 10.3. The van der Waals surface area contributed by atoms with Crippen LogP contribution in [-0.2, 0) is 11.3 Å². The molecule has 1 saturated heterocycles. The van der Waals surface area contributed by atoms with Crippen molar-refractivity contribution in [1.29, 1.82) is 0 Å². The molecular weight excluding hydrogens is 354 g/mol. The molecule has 0 radical (unpaired) electrons. The number of amides is 1. The lowest BCUT2D eigenvalue weighted by molar-refractivity contribution is -0.123. The predicted molar refractivity (Wildman–Crippen MR) is 106 cm³/mol. The Labute approximate surface area is 165 Å². The number of benzene rings is 1. The van der Waals surface area contributed by atoms with Crippen LogP contribution < -0.4 is 10.1 Å². The molecule has 0 spiro atoms. The van der Waals surface area contributed by atoms with Crippen molar-refractivity contribution < 1.29 is 9.53 Å². The quantitative estimate of drug-likeness (QED) is 0.767. The number of likely N-dealkylation sites (tertiary alicyclic amines) is 1. The van der Waals surface area contributed by atoms with Crippen molar-refractivity contribution in [2.45, 2.75) is 51.6 Å². The van der Waals surface area contributed by atoms with E-state index in [1.165, 1.54) is 5.56 Å². The average Bonchev–Trinajstić information content (AvgIpc) is 3.45. The number of piperidine rings is 1. The molecule has 1 aliphatic carbocycles. The zero-order valence-corrected chi connectivity index (χ0v) is 16.6. The molecule has 2 heterocycles. The summed E-state index contributed by atoms with van der Waals surface area (Å²) in [5.41, 5.74) is 1.18. The Morgan fingerprint density at radius 1 is 1.32 bits per heavy atom. The van der Waals surface area contributed by atoms with Crippen molar-refractivity contribution in [3.05, 3.63) is 41.5 Å². The smallest absolute Gasteiger partial charge is 0.223 e. The second-order valence-corrected chi connectivity index (χ2v) is 7.84. The minimum absolute atomic E-state index is 0.0244. The maximum Gasteiger partial charge on any atom is 0.223 e. The molecule has 2 aliphatic rings. The molecule has 2 fully saturated rings. The average molecular weight is 383 g/mol. The number of aryl methyl sites for hydroxylation is 1. The molecule has 1 aromatic carbocycles.